The fourth-order valence-corrected chi connectivity index (χ4v) is 5.40. The van der Waals surface area contributed by atoms with E-state index in [1.165, 1.54) is 23.9 Å². The highest BCUT2D eigenvalue weighted by atomic mass is 35.5. The lowest BCUT2D eigenvalue weighted by atomic mass is 9.86. The molecule has 1 amide bonds. The maximum Gasteiger partial charge on any atom is 0.225 e. The Morgan fingerprint density at radius 2 is 1.69 bits per heavy atom. The summed E-state index contributed by atoms with van der Waals surface area (Å²) >= 11 is 9.11. The van der Waals surface area contributed by atoms with Crippen LogP contribution in [0.25, 0.3) is 0 Å². The van der Waals surface area contributed by atoms with Crippen LogP contribution in [0, 0.1) is 5.41 Å². The van der Waals surface area contributed by atoms with Gasteiger partial charge in [-0.15, -0.1) is 0 Å². The highest BCUT2D eigenvalue weighted by Crippen LogP contribution is 2.29. The zero-order valence-corrected chi connectivity index (χ0v) is 25.8. The van der Waals surface area contributed by atoms with Gasteiger partial charge in [0, 0.05) is 57.9 Å². The van der Waals surface area contributed by atoms with Gasteiger partial charge in [0.15, 0.2) is 0 Å². The number of piperidine rings is 1. The van der Waals surface area contributed by atoms with E-state index in [9.17, 15) is 4.79 Å². The van der Waals surface area contributed by atoms with E-state index in [4.69, 9.17) is 25.3 Å². The van der Waals surface area contributed by atoms with E-state index in [1.54, 1.807) is 11.9 Å². The molecule has 1 heterocycles. The van der Waals surface area contributed by atoms with E-state index >= 15 is 0 Å². The lowest BCUT2D eigenvalue weighted by Gasteiger charge is -2.33. The second-order valence-electron chi connectivity index (χ2n) is 9.77. The minimum absolute atomic E-state index is 0.130. The predicted molar refractivity (Wildman–Crippen MR) is 162 cm³/mol. The number of carbonyl (C=O) groups excluding carboxylic acids is 2. The summed E-state index contributed by atoms with van der Waals surface area (Å²) in [6.07, 6.45) is 4.26. The predicted octanol–water partition coefficient (Wildman–Crippen LogP) is 6.26. The van der Waals surface area contributed by atoms with Crippen LogP contribution >= 0.6 is 35.6 Å². The summed E-state index contributed by atoms with van der Waals surface area (Å²) in [5.74, 6) is 0.931. The van der Waals surface area contributed by atoms with Gasteiger partial charge >= 0.3 is 0 Å². The number of nitrogens with one attached hydrogen (secondary N) is 2. The average molecular weight is 596 g/mol. The molecule has 0 aliphatic carbocycles. The quantitative estimate of drug-likeness (QED) is 0.115. The Hall–Kier alpha value is -1.75. The first-order valence-corrected chi connectivity index (χ1v) is 15.2. The van der Waals surface area contributed by atoms with Crippen LogP contribution in [0.4, 0.5) is 0 Å². The van der Waals surface area contributed by atoms with Gasteiger partial charge in [-0.05, 0) is 100 Å². The molecule has 1 fully saturated rings. The van der Waals surface area contributed by atoms with Crippen molar-refractivity contribution in [2.45, 2.75) is 62.3 Å². The molecule has 1 saturated heterocycles. The summed E-state index contributed by atoms with van der Waals surface area (Å²) in [6.45, 7) is 9.49. The minimum Gasteiger partial charge on any atom is -0.494 e. The topological polar surface area (TPSA) is 79.9 Å². The zero-order chi connectivity index (χ0) is 28.5. The summed E-state index contributed by atoms with van der Waals surface area (Å²) in [6, 6.07) is 16.1. The molecule has 7 nitrogen and oxygen atoms in total. The average Bonchev–Trinajstić information content (AvgIpc) is 2.92. The van der Waals surface area contributed by atoms with Gasteiger partial charge in [0.05, 0.1) is 13.2 Å². The summed E-state index contributed by atoms with van der Waals surface area (Å²) in [4.78, 5) is 24.1. The van der Waals surface area contributed by atoms with Crippen LogP contribution in [0.5, 0.6) is 5.75 Å². The molecule has 2 N–H and O–H groups in total. The molecule has 0 spiro atoms. The smallest absolute Gasteiger partial charge is 0.225 e. The Kier molecular flexibility index (Phi) is 15.9. The van der Waals surface area contributed by atoms with E-state index in [2.05, 4.69) is 39.2 Å². The van der Waals surface area contributed by atoms with Gasteiger partial charge in [-0.3, -0.25) is 4.79 Å². The van der Waals surface area contributed by atoms with Crippen molar-refractivity contribution in [3.63, 3.8) is 0 Å². The minimum atomic E-state index is -0.425. The number of aldehydes is 1. The first kappa shape index (κ1) is 33.5. The van der Waals surface area contributed by atoms with Crippen LogP contribution < -0.4 is 15.4 Å². The number of likely N-dealkylation sites (N-methyl/N-ethyl adjacent to an activating group) is 1. The highest BCUT2D eigenvalue weighted by molar-refractivity contribution is 7.97. The van der Waals surface area contributed by atoms with E-state index < -0.39 is 5.41 Å². The lowest BCUT2D eigenvalue weighted by Crippen LogP contribution is -2.47. The van der Waals surface area contributed by atoms with Crippen LogP contribution in [0.1, 0.15) is 46.5 Å². The maximum atomic E-state index is 12.9. The molecular formula is C29H42ClN3O4S2. The Morgan fingerprint density at radius 3 is 2.31 bits per heavy atom. The molecule has 0 saturated carbocycles. The standard InChI is InChI=1S/C27H38ClN3O3S2.C2H4O/c1-27(2,15-4-19-33-23-7-5-21(28)6-8-23)26(32)30-22-13-17-31(18-14-22)35-24-9-11-25(12-10-24)36-34-20-16-29-3;1-2-3/h5-12,22,29H,4,13-20H2,1-3H3,(H,30,32);2H,1H3. The fourth-order valence-electron chi connectivity index (χ4n) is 3.78. The maximum absolute atomic E-state index is 12.9. The molecule has 0 aromatic heterocycles. The lowest BCUT2D eigenvalue weighted by molar-refractivity contribution is -0.130. The van der Waals surface area contributed by atoms with Crippen molar-refractivity contribution in [1.82, 2.24) is 14.9 Å². The molecule has 2 aromatic rings. The van der Waals surface area contributed by atoms with Crippen molar-refractivity contribution in [3.05, 3.63) is 53.6 Å². The van der Waals surface area contributed by atoms with E-state index in [-0.39, 0.29) is 11.9 Å². The number of amides is 1. The molecule has 0 atom stereocenters. The second kappa shape index (κ2) is 18.6. The number of hydrogen-bond donors (Lipinski definition) is 2. The SMILES string of the molecule is CC=O.CNCCOSc1ccc(SN2CCC(NC(=O)C(C)(C)CCCOc3ccc(Cl)cc3)CC2)cc1. The van der Waals surface area contributed by atoms with Gasteiger partial charge < -0.3 is 24.3 Å². The molecule has 0 radical (unpaired) electrons. The van der Waals surface area contributed by atoms with Gasteiger partial charge in [0.1, 0.15) is 12.0 Å². The molecule has 0 unspecified atom stereocenters. The Balaban J connectivity index is 0.00000170. The van der Waals surface area contributed by atoms with Crippen molar-refractivity contribution in [2.75, 3.05) is 39.9 Å². The molecule has 10 heteroatoms. The van der Waals surface area contributed by atoms with Gasteiger partial charge in [-0.25, -0.2) is 4.31 Å². The summed E-state index contributed by atoms with van der Waals surface area (Å²) < 4.78 is 13.7. The Bertz CT molecular complexity index is 970. The number of halogens is 1. The summed E-state index contributed by atoms with van der Waals surface area (Å²) in [5.41, 5.74) is -0.425. The third-order valence-corrected chi connectivity index (χ3v) is 8.19. The molecule has 0 bridgehead atoms. The van der Waals surface area contributed by atoms with Gasteiger partial charge in [0.2, 0.25) is 5.91 Å². The van der Waals surface area contributed by atoms with Crippen LogP contribution in [0.3, 0.4) is 0 Å². The van der Waals surface area contributed by atoms with Gasteiger partial charge in [-0.2, -0.15) is 0 Å². The number of benzene rings is 2. The first-order valence-electron chi connectivity index (χ1n) is 13.3. The Labute approximate surface area is 247 Å². The molecule has 39 heavy (non-hydrogen) atoms. The second-order valence-corrected chi connectivity index (χ2v) is 12.3. The molecule has 216 valence electrons. The third-order valence-electron chi connectivity index (χ3n) is 6.08. The summed E-state index contributed by atoms with van der Waals surface area (Å²) in [5, 5.41) is 7.05. The molecule has 1 aliphatic heterocycles. The zero-order valence-electron chi connectivity index (χ0n) is 23.4. The highest BCUT2D eigenvalue weighted by Gasteiger charge is 2.30. The van der Waals surface area contributed by atoms with Gasteiger partial charge in [-0.1, -0.05) is 25.4 Å². The van der Waals surface area contributed by atoms with Crippen molar-refractivity contribution in [3.8, 4) is 5.75 Å². The van der Waals surface area contributed by atoms with Crippen LogP contribution in [0.15, 0.2) is 58.3 Å². The van der Waals surface area contributed by atoms with E-state index in [1.807, 2.05) is 45.2 Å². The van der Waals surface area contributed by atoms with Crippen molar-refractivity contribution < 1.29 is 18.5 Å². The molecular weight excluding hydrogens is 554 g/mol. The van der Waals surface area contributed by atoms with Crippen molar-refractivity contribution in [2.24, 2.45) is 5.41 Å². The molecule has 1 aliphatic rings. The molecule has 3 rings (SSSR count). The number of ether oxygens (including phenoxy) is 1. The van der Waals surface area contributed by atoms with Crippen molar-refractivity contribution >= 4 is 47.8 Å². The third kappa shape index (κ3) is 13.4. The monoisotopic (exact) mass is 595 g/mol. The largest absolute Gasteiger partial charge is 0.494 e. The van der Waals surface area contributed by atoms with E-state index in [0.29, 0.717) is 18.2 Å². The normalized spacial score (nSPS) is 14.3. The summed E-state index contributed by atoms with van der Waals surface area (Å²) in [7, 11) is 1.92. The van der Waals surface area contributed by atoms with Crippen LogP contribution in [-0.4, -0.2) is 62.4 Å². The Morgan fingerprint density at radius 1 is 1.08 bits per heavy atom. The number of hydrogen-bond acceptors (Lipinski definition) is 8. The van der Waals surface area contributed by atoms with E-state index in [0.717, 1.165) is 62.2 Å². The number of rotatable bonds is 14. The van der Waals surface area contributed by atoms with Crippen LogP contribution in [0.2, 0.25) is 5.02 Å². The molecule has 2 aromatic carbocycles. The number of carbonyl (C=O) groups is 2. The van der Waals surface area contributed by atoms with Crippen LogP contribution in [-0.2, 0) is 13.8 Å². The number of nitrogens with zero attached hydrogens (tertiary/aromatic N) is 1. The van der Waals surface area contributed by atoms with Gasteiger partial charge in [0.25, 0.3) is 0 Å². The first-order chi connectivity index (χ1) is 18.8. The fraction of sp³-hybridized carbons (Fsp3) is 0.517. The van der Waals surface area contributed by atoms with Crippen molar-refractivity contribution in [1.29, 1.82) is 0 Å².